The van der Waals surface area contributed by atoms with Crippen LogP contribution in [-0.2, 0) is 0 Å². The molecule has 1 aromatic rings. The molecule has 1 saturated heterocycles. The SMILES string of the molecule is C1=CCC(CN2NC(C3=CCCCC3)CC2NC2=C(C3CC=CCC3)CC(c3ccc(NC4=CCCC5C=CCCC45)c(C4CCCCC4)c3)C(C3=CCCC=C3)C2)C=C1. The third-order valence-electron chi connectivity index (χ3n) is 16.4. The van der Waals surface area contributed by atoms with Crippen LogP contribution in [0.25, 0.3) is 0 Å². The van der Waals surface area contributed by atoms with E-state index in [1.807, 2.05) is 0 Å². The fourth-order valence-corrected chi connectivity index (χ4v) is 13.1. The molecule has 60 heavy (non-hydrogen) atoms. The molecule has 1 saturated carbocycles. The van der Waals surface area contributed by atoms with Gasteiger partial charge in [-0.3, -0.25) is 0 Å². The average Bonchev–Trinajstić information content (AvgIpc) is 3.72. The molecule has 2 fully saturated rings. The normalized spacial score (nSPS) is 33.6. The summed E-state index contributed by atoms with van der Waals surface area (Å²) in [4.78, 5) is 0. The number of benzene rings is 1. The molecule has 0 amide bonds. The molecule has 8 atom stereocenters. The minimum Gasteiger partial charge on any atom is -0.372 e. The molecule has 0 aromatic heterocycles. The number of hydrazine groups is 1. The lowest BCUT2D eigenvalue weighted by Crippen LogP contribution is -2.49. The first kappa shape index (κ1) is 40.5. The molecule has 8 aliphatic carbocycles. The number of anilines is 1. The van der Waals surface area contributed by atoms with Crippen molar-refractivity contribution in [3.8, 4) is 0 Å². The van der Waals surface area contributed by atoms with Gasteiger partial charge in [-0.1, -0.05) is 116 Å². The highest BCUT2D eigenvalue weighted by Gasteiger charge is 2.40. The van der Waals surface area contributed by atoms with Gasteiger partial charge < -0.3 is 10.6 Å². The Balaban J connectivity index is 1.000. The summed E-state index contributed by atoms with van der Waals surface area (Å²) in [6.07, 6.45) is 59.8. The maximum absolute atomic E-state index is 4.43. The Morgan fingerprint density at radius 1 is 0.683 bits per heavy atom. The van der Waals surface area contributed by atoms with E-state index >= 15 is 0 Å². The minimum atomic E-state index is 0.297. The Hall–Kier alpha value is -3.60. The molecular weight excluding hydrogens is 729 g/mol. The van der Waals surface area contributed by atoms with Crippen molar-refractivity contribution < 1.29 is 0 Å². The predicted molar refractivity (Wildman–Crippen MR) is 252 cm³/mol. The second kappa shape index (κ2) is 19.2. The highest BCUT2D eigenvalue weighted by Crippen LogP contribution is 2.50. The molecule has 0 spiro atoms. The Bertz CT molecular complexity index is 1960. The number of rotatable bonds is 11. The summed E-state index contributed by atoms with van der Waals surface area (Å²) in [5, 5.41) is 11.2. The second-order valence-corrected chi connectivity index (χ2v) is 20.2. The Labute approximate surface area is 363 Å². The maximum atomic E-state index is 4.43. The molecule has 10 rings (SSSR count). The molecule has 8 unspecified atom stereocenters. The smallest absolute Gasteiger partial charge is 0.0941 e. The summed E-state index contributed by atoms with van der Waals surface area (Å²) in [6.45, 7) is 1.05. The van der Waals surface area contributed by atoms with Crippen LogP contribution in [0.4, 0.5) is 5.69 Å². The first-order valence-electron chi connectivity index (χ1n) is 25.1. The van der Waals surface area contributed by atoms with Crippen LogP contribution >= 0.6 is 0 Å². The zero-order chi connectivity index (χ0) is 40.1. The van der Waals surface area contributed by atoms with E-state index in [0.717, 1.165) is 25.8 Å². The van der Waals surface area contributed by atoms with Gasteiger partial charge in [0, 0.05) is 42.0 Å². The Kier molecular flexibility index (Phi) is 13.0. The third kappa shape index (κ3) is 9.12. The number of nitrogens with one attached hydrogen (secondary N) is 3. The molecule has 1 aromatic carbocycles. The van der Waals surface area contributed by atoms with Crippen LogP contribution in [0.15, 0.2) is 125 Å². The van der Waals surface area contributed by atoms with Crippen molar-refractivity contribution >= 4 is 5.69 Å². The van der Waals surface area contributed by atoms with E-state index in [1.165, 1.54) is 133 Å². The van der Waals surface area contributed by atoms with Crippen molar-refractivity contribution in [3.05, 3.63) is 136 Å². The molecule has 1 heterocycles. The molecular formula is C56H74N4. The zero-order valence-corrected chi connectivity index (χ0v) is 36.6. The molecule has 0 bridgehead atoms. The summed E-state index contributed by atoms with van der Waals surface area (Å²) < 4.78 is 0. The standard InChI is InChI=1S/C56H74N4/c1-6-19-40(20-7-1)39-60-56(38-54(59-60)45-28-14-5-15-29-45)58-55-37-49(42-21-8-2-9-22-42)48(36-51(55)44-25-12-4-13-26-44)46-33-34-53(50(35-46)43-23-10-3-11-24-43)57-52-32-18-30-41-27-16-17-31-47(41)52/h1,4,6-8,12,16,19,21-22,27-28,32-35,40-41,43-44,47-49,54,56-59H,2-3,5,9-11,13-15,17-18,20,23-26,29-31,36-39H2. The van der Waals surface area contributed by atoms with Crippen molar-refractivity contribution in [1.82, 2.24) is 15.8 Å². The largest absolute Gasteiger partial charge is 0.372 e. The fraction of sp³-hybridized carbons (Fsp3) is 0.571. The average molecular weight is 803 g/mol. The lowest BCUT2D eigenvalue weighted by Gasteiger charge is -2.41. The topological polar surface area (TPSA) is 39.3 Å². The third-order valence-corrected chi connectivity index (χ3v) is 16.4. The van der Waals surface area contributed by atoms with Gasteiger partial charge in [-0.2, -0.15) is 0 Å². The summed E-state index contributed by atoms with van der Waals surface area (Å²) in [5.41, 5.74) is 16.8. The Morgan fingerprint density at radius 2 is 1.63 bits per heavy atom. The van der Waals surface area contributed by atoms with E-state index in [1.54, 1.807) is 33.5 Å². The van der Waals surface area contributed by atoms with Gasteiger partial charge in [-0.05, 0) is 179 Å². The summed E-state index contributed by atoms with van der Waals surface area (Å²) in [5.74, 6) is 4.14. The van der Waals surface area contributed by atoms with E-state index in [0.29, 0.717) is 53.6 Å². The van der Waals surface area contributed by atoms with Gasteiger partial charge in [0.2, 0.25) is 0 Å². The van der Waals surface area contributed by atoms with Gasteiger partial charge in [0.15, 0.2) is 0 Å². The highest BCUT2D eigenvalue weighted by molar-refractivity contribution is 5.59. The highest BCUT2D eigenvalue weighted by atomic mass is 15.6. The molecule has 3 N–H and O–H groups in total. The van der Waals surface area contributed by atoms with Gasteiger partial charge in [0.05, 0.1) is 6.17 Å². The number of hydrogen-bond acceptors (Lipinski definition) is 4. The molecule has 4 nitrogen and oxygen atoms in total. The number of allylic oxidation sites excluding steroid dienone is 16. The van der Waals surface area contributed by atoms with Crippen LogP contribution in [0.5, 0.6) is 0 Å². The van der Waals surface area contributed by atoms with Crippen LogP contribution in [0.2, 0.25) is 0 Å². The molecule has 4 heteroatoms. The van der Waals surface area contributed by atoms with Crippen LogP contribution in [-0.4, -0.2) is 23.8 Å². The fourth-order valence-electron chi connectivity index (χ4n) is 13.1. The maximum Gasteiger partial charge on any atom is 0.0941 e. The van der Waals surface area contributed by atoms with E-state index in [-0.39, 0.29) is 0 Å². The van der Waals surface area contributed by atoms with E-state index in [4.69, 9.17) is 0 Å². The lowest BCUT2D eigenvalue weighted by atomic mass is 9.66. The predicted octanol–water partition coefficient (Wildman–Crippen LogP) is 13.9. The molecule has 318 valence electrons. The molecule has 9 aliphatic rings. The summed E-state index contributed by atoms with van der Waals surface area (Å²) in [6, 6.07) is 8.31. The first-order valence-corrected chi connectivity index (χ1v) is 25.1. The van der Waals surface area contributed by atoms with Crippen LogP contribution in [0, 0.1) is 29.6 Å². The molecule has 1 aliphatic heterocycles. The lowest BCUT2D eigenvalue weighted by molar-refractivity contribution is 0.144. The van der Waals surface area contributed by atoms with Gasteiger partial charge in [-0.25, -0.2) is 10.4 Å². The van der Waals surface area contributed by atoms with Gasteiger partial charge in [0.1, 0.15) is 0 Å². The first-order chi connectivity index (χ1) is 29.7. The van der Waals surface area contributed by atoms with Crippen molar-refractivity contribution in [2.45, 2.75) is 165 Å². The van der Waals surface area contributed by atoms with E-state index < -0.39 is 0 Å². The van der Waals surface area contributed by atoms with Crippen molar-refractivity contribution in [2.75, 3.05) is 11.9 Å². The van der Waals surface area contributed by atoms with Crippen molar-refractivity contribution in [3.63, 3.8) is 0 Å². The summed E-state index contributed by atoms with van der Waals surface area (Å²) >= 11 is 0. The monoisotopic (exact) mass is 803 g/mol. The molecule has 0 radical (unpaired) electrons. The number of hydrogen-bond donors (Lipinski definition) is 3. The van der Waals surface area contributed by atoms with Crippen molar-refractivity contribution in [1.29, 1.82) is 0 Å². The Morgan fingerprint density at radius 3 is 2.47 bits per heavy atom. The summed E-state index contributed by atoms with van der Waals surface area (Å²) in [7, 11) is 0. The van der Waals surface area contributed by atoms with E-state index in [2.05, 4.69) is 118 Å². The van der Waals surface area contributed by atoms with Crippen LogP contribution in [0.3, 0.4) is 0 Å². The zero-order valence-electron chi connectivity index (χ0n) is 36.6. The van der Waals surface area contributed by atoms with Crippen LogP contribution in [0.1, 0.15) is 164 Å². The number of nitrogens with zero attached hydrogens (tertiary/aromatic N) is 1. The van der Waals surface area contributed by atoms with E-state index in [9.17, 15) is 0 Å². The van der Waals surface area contributed by atoms with Gasteiger partial charge in [0.25, 0.3) is 0 Å². The van der Waals surface area contributed by atoms with Gasteiger partial charge in [-0.15, -0.1) is 0 Å². The van der Waals surface area contributed by atoms with Gasteiger partial charge >= 0.3 is 0 Å². The minimum absolute atomic E-state index is 0.297. The van der Waals surface area contributed by atoms with Crippen LogP contribution < -0.4 is 16.1 Å². The quantitative estimate of drug-likeness (QED) is 0.195. The second-order valence-electron chi connectivity index (χ2n) is 20.2. The number of fused-ring (bicyclic) bond motifs is 1. The van der Waals surface area contributed by atoms with Crippen molar-refractivity contribution in [2.24, 2.45) is 29.6 Å².